The molecular formula is C20H22N2O3. The van der Waals surface area contributed by atoms with Crippen molar-refractivity contribution in [2.75, 3.05) is 18.5 Å². The molecule has 1 fully saturated rings. The van der Waals surface area contributed by atoms with Gasteiger partial charge in [0.25, 0.3) is 6.01 Å². The molecule has 0 amide bonds. The van der Waals surface area contributed by atoms with E-state index in [2.05, 4.69) is 22.4 Å². The van der Waals surface area contributed by atoms with E-state index in [1.165, 1.54) is 12.8 Å². The Hall–Kier alpha value is -2.37. The minimum absolute atomic E-state index is 0.245. The number of ether oxygens (including phenoxy) is 2. The highest BCUT2D eigenvalue weighted by atomic mass is 16.5. The summed E-state index contributed by atoms with van der Waals surface area (Å²) in [5, 5.41) is 3.22. The van der Waals surface area contributed by atoms with Gasteiger partial charge in [-0.2, -0.15) is 4.98 Å². The molecule has 3 aromatic rings. The number of benzene rings is 2. The van der Waals surface area contributed by atoms with Crippen LogP contribution in [0, 0.1) is 0 Å². The minimum Gasteiger partial charge on any atom is -0.423 e. The summed E-state index contributed by atoms with van der Waals surface area (Å²) >= 11 is 0. The van der Waals surface area contributed by atoms with Gasteiger partial charge in [-0.05, 0) is 49.1 Å². The second-order valence-electron chi connectivity index (χ2n) is 6.32. The van der Waals surface area contributed by atoms with Crippen molar-refractivity contribution in [2.45, 2.75) is 32.0 Å². The summed E-state index contributed by atoms with van der Waals surface area (Å²) in [5.41, 5.74) is 3.66. The normalized spacial score (nSPS) is 17.7. The van der Waals surface area contributed by atoms with Crippen LogP contribution in [0.4, 0.5) is 11.7 Å². The summed E-state index contributed by atoms with van der Waals surface area (Å²) in [6.07, 6.45) is 3.74. The van der Waals surface area contributed by atoms with E-state index in [9.17, 15) is 0 Å². The van der Waals surface area contributed by atoms with Crippen molar-refractivity contribution < 1.29 is 13.9 Å². The van der Waals surface area contributed by atoms with Crippen LogP contribution in [0.5, 0.6) is 0 Å². The van der Waals surface area contributed by atoms with Gasteiger partial charge in [-0.25, -0.2) is 0 Å². The highest BCUT2D eigenvalue weighted by Gasteiger charge is 2.13. The Bertz CT molecular complexity index is 791. The summed E-state index contributed by atoms with van der Waals surface area (Å²) in [4.78, 5) is 4.44. The van der Waals surface area contributed by atoms with Crippen molar-refractivity contribution in [3.63, 3.8) is 0 Å². The van der Waals surface area contributed by atoms with Crippen LogP contribution < -0.4 is 5.32 Å². The minimum atomic E-state index is 0.245. The van der Waals surface area contributed by atoms with E-state index in [0.717, 1.165) is 35.4 Å². The highest BCUT2D eigenvalue weighted by molar-refractivity contribution is 5.75. The third-order valence-corrected chi connectivity index (χ3v) is 4.32. The fourth-order valence-electron chi connectivity index (χ4n) is 3.04. The van der Waals surface area contributed by atoms with Crippen molar-refractivity contribution in [3.05, 3.63) is 54.1 Å². The maximum atomic E-state index is 5.82. The molecule has 1 aliphatic heterocycles. The lowest BCUT2D eigenvalue weighted by Crippen LogP contribution is -2.24. The molecule has 1 aliphatic rings. The predicted molar refractivity (Wildman–Crippen MR) is 97.0 cm³/mol. The molecule has 2 aromatic carbocycles. The van der Waals surface area contributed by atoms with Crippen molar-refractivity contribution in [2.24, 2.45) is 0 Å². The lowest BCUT2D eigenvalue weighted by molar-refractivity contribution is -0.0447. The molecule has 1 atom stereocenters. The molecule has 4 rings (SSSR count). The second-order valence-corrected chi connectivity index (χ2v) is 6.32. The molecule has 1 saturated heterocycles. The molecule has 1 aromatic heterocycles. The van der Waals surface area contributed by atoms with Gasteiger partial charge in [0.15, 0.2) is 5.58 Å². The topological polar surface area (TPSA) is 56.5 Å². The molecule has 5 nitrogen and oxygen atoms in total. The van der Waals surface area contributed by atoms with Crippen LogP contribution in [0.25, 0.3) is 11.1 Å². The number of oxazole rings is 1. The third-order valence-electron chi connectivity index (χ3n) is 4.32. The molecule has 0 saturated carbocycles. The Morgan fingerprint density at radius 2 is 2.08 bits per heavy atom. The fraction of sp³-hybridized carbons (Fsp3) is 0.350. The summed E-state index contributed by atoms with van der Waals surface area (Å²) < 4.78 is 17.2. The molecule has 25 heavy (non-hydrogen) atoms. The summed E-state index contributed by atoms with van der Waals surface area (Å²) in [5.74, 6) is 0. The van der Waals surface area contributed by atoms with Gasteiger partial charge in [-0.15, -0.1) is 0 Å². The maximum absolute atomic E-state index is 5.82. The lowest BCUT2D eigenvalue weighted by atomic mass is 10.1. The molecular weight excluding hydrogens is 316 g/mol. The molecule has 2 heterocycles. The number of hydrogen-bond acceptors (Lipinski definition) is 5. The van der Waals surface area contributed by atoms with Crippen LogP contribution in [-0.2, 0) is 16.1 Å². The Kier molecular flexibility index (Phi) is 4.95. The van der Waals surface area contributed by atoms with Crippen LogP contribution in [0.1, 0.15) is 24.8 Å². The van der Waals surface area contributed by atoms with E-state index in [1.807, 2.05) is 36.4 Å². The number of hydrogen-bond donors (Lipinski definition) is 1. The zero-order chi connectivity index (χ0) is 16.9. The van der Waals surface area contributed by atoms with Crippen LogP contribution in [0.3, 0.4) is 0 Å². The Morgan fingerprint density at radius 1 is 1.12 bits per heavy atom. The average molecular weight is 338 g/mol. The molecule has 1 N–H and O–H groups in total. The molecule has 0 unspecified atom stereocenters. The molecule has 130 valence electrons. The van der Waals surface area contributed by atoms with Gasteiger partial charge in [-0.3, -0.25) is 0 Å². The standard InChI is InChI=1S/C20H22N2O3/c1-2-10-19-18(9-1)22-20(25-19)21-16-7-5-6-15(12-16)13-23-14-17-8-3-4-11-24-17/h1-2,5-7,9-10,12,17H,3-4,8,11,13-14H2,(H,21,22)/t17-/m0/s1. The number of fused-ring (bicyclic) bond motifs is 1. The van der Waals surface area contributed by atoms with Crippen LogP contribution in [0.15, 0.2) is 52.9 Å². The summed E-state index contributed by atoms with van der Waals surface area (Å²) in [6, 6.07) is 16.3. The van der Waals surface area contributed by atoms with Gasteiger partial charge < -0.3 is 19.2 Å². The van der Waals surface area contributed by atoms with E-state index in [-0.39, 0.29) is 6.10 Å². The predicted octanol–water partition coefficient (Wildman–Crippen LogP) is 4.66. The molecule has 0 spiro atoms. The summed E-state index contributed by atoms with van der Waals surface area (Å²) in [7, 11) is 0. The first-order valence-electron chi connectivity index (χ1n) is 8.78. The van der Waals surface area contributed by atoms with Gasteiger partial charge in [-0.1, -0.05) is 24.3 Å². The number of aromatic nitrogens is 1. The fourth-order valence-corrected chi connectivity index (χ4v) is 3.04. The number of nitrogens with one attached hydrogen (secondary N) is 1. The lowest BCUT2D eigenvalue weighted by Gasteiger charge is -2.22. The zero-order valence-electron chi connectivity index (χ0n) is 14.1. The van der Waals surface area contributed by atoms with Gasteiger partial charge in [0.05, 0.1) is 19.3 Å². The Balaban J connectivity index is 1.35. The number of rotatable bonds is 6. The van der Waals surface area contributed by atoms with E-state index >= 15 is 0 Å². The number of para-hydroxylation sites is 2. The van der Waals surface area contributed by atoms with Crippen LogP contribution >= 0.6 is 0 Å². The van der Waals surface area contributed by atoms with E-state index in [1.54, 1.807) is 0 Å². The average Bonchev–Trinajstić information content (AvgIpc) is 3.05. The van der Waals surface area contributed by atoms with Crippen LogP contribution in [-0.4, -0.2) is 24.3 Å². The van der Waals surface area contributed by atoms with Crippen LogP contribution in [0.2, 0.25) is 0 Å². The molecule has 0 bridgehead atoms. The van der Waals surface area contributed by atoms with Gasteiger partial charge in [0.1, 0.15) is 5.52 Å². The van der Waals surface area contributed by atoms with Crippen molar-refractivity contribution >= 4 is 22.8 Å². The smallest absolute Gasteiger partial charge is 0.300 e. The first-order chi connectivity index (χ1) is 12.4. The number of anilines is 2. The van der Waals surface area contributed by atoms with Crippen molar-refractivity contribution in [1.82, 2.24) is 4.98 Å². The van der Waals surface area contributed by atoms with Gasteiger partial charge >= 0.3 is 0 Å². The third kappa shape index (κ3) is 4.18. The van der Waals surface area contributed by atoms with Gasteiger partial charge in [0, 0.05) is 12.3 Å². The zero-order valence-corrected chi connectivity index (χ0v) is 14.1. The molecule has 0 aliphatic carbocycles. The number of nitrogens with zero attached hydrogens (tertiary/aromatic N) is 1. The Labute approximate surface area is 147 Å². The van der Waals surface area contributed by atoms with Crippen molar-refractivity contribution in [1.29, 1.82) is 0 Å². The molecule has 5 heteroatoms. The SMILES string of the molecule is c1cc(COC[C@@H]2CCCCO2)cc(Nc2nc3ccccc3o2)c1. The second kappa shape index (κ2) is 7.68. The highest BCUT2D eigenvalue weighted by Crippen LogP contribution is 2.22. The Morgan fingerprint density at radius 3 is 2.96 bits per heavy atom. The molecule has 0 radical (unpaired) electrons. The quantitative estimate of drug-likeness (QED) is 0.708. The van der Waals surface area contributed by atoms with Gasteiger partial charge in [0.2, 0.25) is 0 Å². The van der Waals surface area contributed by atoms with E-state index in [4.69, 9.17) is 13.9 Å². The van der Waals surface area contributed by atoms with E-state index in [0.29, 0.717) is 19.2 Å². The van der Waals surface area contributed by atoms with Crippen molar-refractivity contribution in [3.8, 4) is 0 Å². The monoisotopic (exact) mass is 338 g/mol. The maximum Gasteiger partial charge on any atom is 0.300 e. The largest absolute Gasteiger partial charge is 0.423 e. The summed E-state index contributed by atoms with van der Waals surface area (Å²) in [6.45, 7) is 2.09. The first kappa shape index (κ1) is 16.1. The first-order valence-corrected chi connectivity index (χ1v) is 8.78. The van der Waals surface area contributed by atoms with E-state index < -0.39 is 0 Å².